The largest absolute Gasteiger partial charge is 0.268 e. The van der Waals surface area contributed by atoms with Crippen molar-refractivity contribution >= 4 is 6.08 Å². The lowest BCUT2D eigenvalue weighted by molar-refractivity contribution is 0.686. The van der Waals surface area contributed by atoms with E-state index in [1.807, 2.05) is 16.9 Å². The lowest BCUT2D eigenvalue weighted by atomic mass is 9.99. The van der Waals surface area contributed by atoms with E-state index in [9.17, 15) is 0 Å². The molecule has 0 spiro atoms. The third-order valence-corrected chi connectivity index (χ3v) is 4.60. The van der Waals surface area contributed by atoms with E-state index < -0.39 is 0 Å². The molecule has 0 aliphatic heterocycles. The smallest absolute Gasteiger partial charge is 0.0659 e. The van der Waals surface area contributed by atoms with Crippen LogP contribution in [0.4, 0.5) is 0 Å². The van der Waals surface area contributed by atoms with Crippen molar-refractivity contribution in [1.29, 1.82) is 5.26 Å². The van der Waals surface area contributed by atoms with Gasteiger partial charge in [-0.15, -0.1) is 0 Å². The topological polar surface area (TPSA) is 41.6 Å². The molecule has 3 nitrogen and oxygen atoms in total. The summed E-state index contributed by atoms with van der Waals surface area (Å²) in [5.74, 6) is 0. The minimum absolute atomic E-state index is 0.549. The van der Waals surface area contributed by atoms with Gasteiger partial charge < -0.3 is 0 Å². The number of nitrogens with zero attached hydrogens (tertiary/aromatic N) is 3. The van der Waals surface area contributed by atoms with Crippen LogP contribution in [0.3, 0.4) is 0 Å². The molecule has 0 fully saturated rings. The van der Waals surface area contributed by atoms with Gasteiger partial charge in [0.05, 0.1) is 12.6 Å². The van der Waals surface area contributed by atoms with E-state index in [1.54, 1.807) is 6.20 Å². The summed E-state index contributed by atoms with van der Waals surface area (Å²) in [5, 5.41) is 13.2. The Morgan fingerprint density at radius 1 is 1.00 bits per heavy atom. The molecular weight excluding hydrogens is 330 g/mol. The van der Waals surface area contributed by atoms with E-state index in [4.69, 9.17) is 5.26 Å². The van der Waals surface area contributed by atoms with Gasteiger partial charge in [0.2, 0.25) is 0 Å². The molecule has 0 aliphatic carbocycles. The van der Waals surface area contributed by atoms with E-state index >= 15 is 0 Å². The molecule has 0 radical (unpaired) electrons. The number of hydrogen-bond donors (Lipinski definition) is 0. The van der Waals surface area contributed by atoms with Gasteiger partial charge in [-0.25, -0.2) is 0 Å². The first-order valence-corrected chi connectivity index (χ1v) is 9.52. The number of rotatable bonds is 9. The summed E-state index contributed by atoms with van der Waals surface area (Å²) < 4.78 is 1.93. The van der Waals surface area contributed by atoms with Gasteiger partial charge in [0.25, 0.3) is 0 Å². The molecular formula is C24H25N3. The maximum absolute atomic E-state index is 8.92. The van der Waals surface area contributed by atoms with Crippen molar-refractivity contribution in [1.82, 2.24) is 9.78 Å². The van der Waals surface area contributed by atoms with Crippen LogP contribution in [0.25, 0.3) is 6.08 Å². The van der Waals surface area contributed by atoms with Gasteiger partial charge >= 0.3 is 0 Å². The highest BCUT2D eigenvalue weighted by molar-refractivity contribution is 5.55. The third kappa shape index (κ3) is 5.97. The van der Waals surface area contributed by atoms with Crippen molar-refractivity contribution in [2.24, 2.45) is 0 Å². The zero-order chi connectivity index (χ0) is 18.7. The van der Waals surface area contributed by atoms with Crippen molar-refractivity contribution in [2.45, 2.75) is 38.6 Å². The van der Waals surface area contributed by atoms with Crippen LogP contribution in [0.5, 0.6) is 0 Å². The van der Waals surface area contributed by atoms with Gasteiger partial charge in [-0.3, -0.25) is 4.68 Å². The average molecular weight is 355 g/mol. The summed E-state index contributed by atoms with van der Waals surface area (Å²) in [6.07, 6.45) is 12.9. The Morgan fingerprint density at radius 2 is 1.89 bits per heavy atom. The molecule has 27 heavy (non-hydrogen) atoms. The Hall–Kier alpha value is -3.12. The molecule has 1 heterocycles. The van der Waals surface area contributed by atoms with Crippen molar-refractivity contribution < 1.29 is 0 Å². The fraction of sp³-hybridized carbons (Fsp3) is 0.250. The zero-order valence-electron chi connectivity index (χ0n) is 15.6. The van der Waals surface area contributed by atoms with Crippen LogP contribution in [0.15, 0.2) is 73.1 Å². The molecule has 0 aliphatic rings. The second-order valence-corrected chi connectivity index (χ2v) is 6.68. The zero-order valence-corrected chi connectivity index (χ0v) is 15.6. The predicted octanol–water partition coefficient (Wildman–Crippen LogP) is 5.42. The second-order valence-electron chi connectivity index (χ2n) is 6.68. The van der Waals surface area contributed by atoms with Crippen LogP contribution in [-0.4, -0.2) is 9.78 Å². The van der Waals surface area contributed by atoms with Crippen molar-refractivity contribution in [3.05, 3.63) is 95.3 Å². The van der Waals surface area contributed by atoms with Crippen LogP contribution in [-0.2, 0) is 19.4 Å². The van der Waals surface area contributed by atoms with Gasteiger partial charge in [-0.05, 0) is 60.1 Å². The minimum Gasteiger partial charge on any atom is -0.268 e. The third-order valence-electron chi connectivity index (χ3n) is 4.60. The van der Waals surface area contributed by atoms with E-state index in [2.05, 4.69) is 71.9 Å². The first kappa shape index (κ1) is 18.7. The van der Waals surface area contributed by atoms with Gasteiger partial charge in [0, 0.05) is 18.8 Å². The highest BCUT2D eigenvalue weighted by atomic mass is 15.3. The number of nitriles is 1. The fourth-order valence-corrected chi connectivity index (χ4v) is 3.18. The number of benzene rings is 2. The summed E-state index contributed by atoms with van der Waals surface area (Å²) >= 11 is 0. The van der Waals surface area contributed by atoms with E-state index in [0.717, 1.165) is 32.2 Å². The Bertz CT molecular complexity index is 887. The van der Waals surface area contributed by atoms with Crippen molar-refractivity contribution in [3.63, 3.8) is 0 Å². The summed E-state index contributed by atoms with van der Waals surface area (Å²) in [7, 11) is 0. The number of aryl methyl sites for hydroxylation is 2. The van der Waals surface area contributed by atoms with Crippen LogP contribution in [0.2, 0.25) is 0 Å². The Labute approximate surface area is 161 Å². The maximum atomic E-state index is 8.92. The first-order chi connectivity index (χ1) is 13.3. The molecule has 3 aromatic rings. The van der Waals surface area contributed by atoms with Crippen molar-refractivity contribution in [3.8, 4) is 6.07 Å². The Balaban J connectivity index is 1.63. The summed E-state index contributed by atoms with van der Waals surface area (Å²) in [4.78, 5) is 0. The minimum atomic E-state index is 0.549. The van der Waals surface area contributed by atoms with Crippen LogP contribution in [0.1, 0.15) is 41.5 Å². The lowest BCUT2D eigenvalue weighted by Crippen LogP contribution is -2.01. The quantitative estimate of drug-likeness (QED) is 0.481. The molecule has 3 heteroatoms. The molecule has 0 unspecified atom stereocenters. The molecule has 0 N–H and O–H groups in total. The van der Waals surface area contributed by atoms with Crippen LogP contribution >= 0.6 is 0 Å². The fourth-order valence-electron chi connectivity index (χ4n) is 3.18. The van der Waals surface area contributed by atoms with Gasteiger partial charge in [-0.1, -0.05) is 54.6 Å². The molecule has 1 aromatic heterocycles. The Kier molecular flexibility index (Phi) is 7.00. The van der Waals surface area contributed by atoms with Crippen LogP contribution in [0, 0.1) is 11.3 Å². The molecule has 3 rings (SSSR count). The monoisotopic (exact) mass is 355 g/mol. The molecule has 0 atom stereocenters. The Morgan fingerprint density at radius 3 is 2.67 bits per heavy atom. The molecule has 0 bridgehead atoms. The number of hydrogen-bond acceptors (Lipinski definition) is 2. The average Bonchev–Trinajstić information content (AvgIpc) is 3.21. The summed E-state index contributed by atoms with van der Waals surface area (Å²) in [6.45, 7) is 0.764. The predicted molar refractivity (Wildman–Crippen MR) is 110 cm³/mol. The molecule has 2 aromatic carbocycles. The summed E-state index contributed by atoms with van der Waals surface area (Å²) in [6, 6.07) is 21.3. The van der Waals surface area contributed by atoms with Gasteiger partial charge in [0.15, 0.2) is 0 Å². The lowest BCUT2D eigenvalue weighted by Gasteiger charge is -2.09. The first-order valence-electron chi connectivity index (χ1n) is 9.52. The molecule has 136 valence electrons. The van der Waals surface area contributed by atoms with E-state index in [1.165, 1.54) is 22.3 Å². The number of unbranched alkanes of at least 4 members (excludes halogenated alkanes) is 1. The number of aromatic nitrogens is 2. The maximum Gasteiger partial charge on any atom is 0.0659 e. The summed E-state index contributed by atoms with van der Waals surface area (Å²) in [5.41, 5.74) is 5.07. The number of allylic oxidation sites excluding steroid dienone is 1. The molecule has 0 saturated carbocycles. The van der Waals surface area contributed by atoms with Crippen molar-refractivity contribution in [2.75, 3.05) is 0 Å². The molecule has 0 amide bonds. The van der Waals surface area contributed by atoms with Gasteiger partial charge in [-0.2, -0.15) is 10.4 Å². The molecule has 0 saturated heterocycles. The second kappa shape index (κ2) is 10.1. The van der Waals surface area contributed by atoms with E-state index in [0.29, 0.717) is 6.42 Å². The highest BCUT2D eigenvalue weighted by Crippen LogP contribution is 2.17. The van der Waals surface area contributed by atoms with Gasteiger partial charge in [0.1, 0.15) is 0 Å². The highest BCUT2D eigenvalue weighted by Gasteiger charge is 2.03. The van der Waals surface area contributed by atoms with E-state index in [-0.39, 0.29) is 0 Å². The SMILES string of the molecule is N#CCCc1ccc(Cn2cccn2)cc1/C=C/CCCc1ccccc1. The van der Waals surface area contributed by atoms with Crippen LogP contribution < -0.4 is 0 Å². The normalized spacial score (nSPS) is 10.9. The standard InChI is InChI=1S/C24H25N3/c25-16-7-13-23-15-14-22(20-27-18-8-17-26-27)19-24(23)12-6-2-5-11-21-9-3-1-4-10-21/h1,3-4,6,8-10,12,14-15,17-19H,2,5,7,11,13,20H2/b12-6+.